The number of aromatic nitrogens is 2. The van der Waals surface area contributed by atoms with Gasteiger partial charge in [0.05, 0.1) is 23.1 Å². The van der Waals surface area contributed by atoms with Gasteiger partial charge in [-0.2, -0.15) is 0 Å². The fourth-order valence-corrected chi connectivity index (χ4v) is 4.18. The van der Waals surface area contributed by atoms with Crippen LogP contribution in [0.25, 0.3) is 0 Å². The summed E-state index contributed by atoms with van der Waals surface area (Å²) < 4.78 is 5.39. The molecule has 1 amide bonds. The third-order valence-electron chi connectivity index (χ3n) is 4.82. The van der Waals surface area contributed by atoms with Crippen LogP contribution in [0.4, 0.5) is 16.3 Å². The van der Waals surface area contributed by atoms with Crippen LogP contribution in [0.15, 0.2) is 40.5 Å². The SMILES string of the molecule is CC1(NC(=O)OC(C)(C)C)CCN(c2cnc(Sc3cccc(N)c3Cl)cn2)CC1. The molecule has 3 rings (SSSR count). The van der Waals surface area contributed by atoms with E-state index in [0.717, 1.165) is 41.7 Å². The second-order valence-corrected chi connectivity index (χ2v) is 10.1. The number of piperidine rings is 1. The second kappa shape index (κ2) is 8.89. The summed E-state index contributed by atoms with van der Waals surface area (Å²) in [5.74, 6) is 0.817. The Kier molecular flexibility index (Phi) is 6.67. The number of halogens is 1. The van der Waals surface area contributed by atoms with Gasteiger partial charge < -0.3 is 20.7 Å². The number of nitrogens with one attached hydrogen (secondary N) is 1. The zero-order valence-electron chi connectivity index (χ0n) is 17.7. The number of hydrogen-bond donors (Lipinski definition) is 2. The highest BCUT2D eigenvalue weighted by atomic mass is 35.5. The van der Waals surface area contributed by atoms with E-state index >= 15 is 0 Å². The molecule has 1 aromatic heterocycles. The van der Waals surface area contributed by atoms with E-state index in [2.05, 4.69) is 27.1 Å². The monoisotopic (exact) mass is 449 g/mol. The van der Waals surface area contributed by atoms with Crippen molar-refractivity contribution in [3.05, 3.63) is 35.6 Å². The third kappa shape index (κ3) is 5.92. The maximum atomic E-state index is 12.1. The number of nitrogen functional groups attached to an aromatic ring is 1. The van der Waals surface area contributed by atoms with Crippen LogP contribution >= 0.6 is 23.4 Å². The average molecular weight is 450 g/mol. The molecule has 0 unspecified atom stereocenters. The summed E-state index contributed by atoms with van der Waals surface area (Å²) in [4.78, 5) is 24.2. The standard InChI is InChI=1S/C21H28ClN5O2S/c1-20(2,3)29-19(28)26-21(4)8-10-27(11-9-21)16-12-25-17(13-24-16)30-15-7-5-6-14(23)18(15)22/h5-7,12-13H,8-11,23H2,1-4H3,(H,26,28). The summed E-state index contributed by atoms with van der Waals surface area (Å²) in [5, 5.41) is 4.30. The number of alkyl carbamates (subject to hydrolysis) is 1. The highest BCUT2D eigenvalue weighted by Gasteiger charge is 2.33. The van der Waals surface area contributed by atoms with Gasteiger partial charge >= 0.3 is 6.09 Å². The number of hydrogen-bond acceptors (Lipinski definition) is 7. The van der Waals surface area contributed by atoms with Crippen molar-refractivity contribution in [2.24, 2.45) is 0 Å². The van der Waals surface area contributed by atoms with Gasteiger partial charge in [-0.1, -0.05) is 29.4 Å². The van der Waals surface area contributed by atoms with Crippen LogP contribution in [0.2, 0.25) is 5.02 Å². The highest BCUT2D eigenvalue weighted by molar-refractivity contribution is 7.99. The minimum Gasteiger partial charge on any atom is -0.444 e. The fraction of sp³-hybridized carbons (Fsp3) is 0.476. The van der Waals surface area contributed by atoms with E-state index < -0.39 is 5.60 Å². The minimum absolute atomic E-state index is 0.300. The fourth-order valence-electron chi connectivity index (χ4n) is 3.15. The summed E-state index contributed by atoms with van der Waals surface area (Å²) in [5.41, 5.74) is 5.59. The van der Waals surface area contributed by atoms with Crippen molar-refractivity contribution in [2.75, 3.05) is 23.7 Å². The number of anilines is 2. The average Bonchev–Trinajstić information content (AvgIpc) is 2.65. The molecule has 0 spiro atoms. The van der Waals surface area contributed by atoms with Crippen molar-refractivity contribution in [1.82, 2.24) is 15.3 Å². The number of rotatable bonds is 4. The van der Waals surface area contributed by atoms with Crippen molar-refractivity contribution in [2.45, 2.75) is 61.6 Å². The molecule has 0 radical (unpaired) electrons. The Morgan fingerprint density at radius 1 is 1.27 bits per heavy atom. The molecule has 0 atom stereocenters. The number of benzene rings is 1. The van der Waals surface area contributed by atoms with Gasteiger partial charge in [-0.3, -0.25) is 0 Å². The molecule has 2 heterocycles. The Hall–Kier alpha value is -2.19. The summed E-state index contributed by atoms with van der Waals surface area (Å²) in [7, 11) is 0. The molecule has 1 aliphatic rings. The predicted octanol–water partition coefficient (Wildman–Crippen LogP) is 4.75. The Morgan fingerprint density at radius 3 is 2.57 bits per heavy atom. The molecule has 1 aliphatic heterocycles. The Balaban J connectivity index is 1.57. The van der Waals surface area contributed by atoms with Crippen molar-refractivity contribution >= 4 is 41.0 Å². The van der Waals surface area contributed by atoms with Crippen molar-refractivity contribution in [3.63, 3.8) is 0 Å². The van der Waals surface area contributed by atoms with Gasteiger partial charge in [0.25, 0.3) is 0 Å². The summed E-state index contributed by atoms with van der Waals surface area (Å²) in [6, 6.07) is 5.53. The molecule has 30 heavy (non-hydrogen) atoms. The zero-order valence-corrected chi connectivity index (χ0v) is 19.3. The Bertz CT molecular complexity index is 893. The smallest absolute Gasteiger partial charge is 0.408 e. The molecule has 2 aromatic rings. The van der Waals surface area contributed by atoms with Gasteiger partial charge in [0.1, 0.15) is 16.4 Å². The van der Waals surface area contributed by atoms with Gasteiger partial charge in [-0.15, -0.1) is 0 Å². The normalized spacial score (nSPS) is 16.2. The van der Waals surface area contributed by atoms with Crippen LogP contribution in [0.5, 0.6) is 0 Å². The molecule has 162 valence electrons. The number of amides is 1. The molecule has 3 N–H and O–H groups in total. The molecule has 0 bridgehead atoms. The molecule has 1 saturated heterocycles. The molecule has 0 aliphatic carbocycles. The Labute approximate surface area is 186 Å². The number of ether oxygens (including phenoxy) is 1. The second-order valence-electron chi connectivity index (χ2n) is 8.65. The number of carbonyl (C=O) groups is 1. The predicted molar refractivity (Wildman–Crippen MR) is 121 cm³/mol. The largest absolute Gasteiger partial charge is 0.444 e. The molecule has 0 saturated carbocycles. The summed E-state index contributed by atoms with van der Waals surface area (Å²) in [6.07, 6.45) is 4.73. The topological polar surface area (TPSA) is 93.4 Å². The lowest BCUT2D eigenvalue weighted by molar-refractivity contribution is 0.0448. The molecular formula is C21H28ClN5O2S. The van der Waals surface area contributed by atoms with E-state index in [-0.39, 0.29) is 11.6 Å². The number of carbonyl (C=O) groups excluding carboxylic acids is 1. The van der Waals surface area contributed by atoms with E-state index in [1.165, 1.54) is 11.8 Å². The van der Waals surface area contributed by atoms with Gasteiger partial charge in [-0.25, -0.2) is 14.8 Å². The first kappa shape index (κ1) is 22.5. The van der Waals surface area contributed by atoms with Crippen LogP contribution in [0.1, 0.15) is 40.5 Å². The van der Waals surface area contributed by atoms with Gasteiger partial charge in [0.2, 0.25) is 0 Å². The Morgan fingerprint density at radius 2 is 1.97 bits per heavy atom. The lowest BCUT2D eigenvalue weighted by Gasteiger charge is -2.40. The first-order valence-electron chi connectivity index (χ1n) is 9.85. The van der Waals surface area contributed by atoms with E-state index in [1.54, 1.807) is 18.5 Å². The van der Waals surface area contributed by atoms with Crippen LogP contribution < -0.4 is 16.0 Å². The van der Waals surface area contributed by atoms with Gasteiger partial charge in [0, 0.05) is 23.5 Å². The summed E-state index contributed by atoms with van der Waals surface area (Å²) in [6.45, 7) is 9.18. The number of nitrogens with two attached hydrogens (primary N) is 1. The van der Waals surface area contributed by atoms with E-state index in [1.807, 2.05) is 32.9 Å². The van der Waals surface area contributed by atoms with E-state index in [0.29, 0.717) is 10.7 Å². The third-order valence-corrected chi connectivity index (χ3v) is 6.33. The van der Waals surface area contributed by atoms with Gasteiger partial charge in [-0.05, 0) is 52.7 Å². The number of nitrogens with zero attached hydrogens (tertiary/aromatic N) is 3. The molecule has 1 aromatic carbocycles. The van der Waals surface area contributed by atoms with Crippen LogP contribution in [0.3, 0.4) is 0 Å². The quantitative estimate of drug-likeness (QED) is 0.650. The molecule has 7 nitrogen and oxygen atoms in total. The first-order valence-corrected chi connectivity index (χ1v) is 11.0. The van der Waals surface area contributed by atoms with E-state index in [9.17, 15) is 4.79 Å². The van der Waals surface area contributed by atoms with E-state index in [4.69, 9.17) is 22.1 Å². The minimum atomic E-state index is -0.508. The highest BCUT2D eigenvalue weighted by Crippen LogP contribution is 2.35. The lowest BCUT2D eigenvalue weighted by Crippen LogP contribution is -2.54. The maximum absolute atomic E-state index is 12.1. The zero-order chi connectivity index (χ0) is 21.9. The molecular weight excluding hydrogens is 422 g/mol. The first-order chi connectivity index (χ1) is 14.0. The summed E-state index contributed by atoms with van der Waals surface area (Å²) >= 11 is 7.68. The van der Waals surface area contributed by atoms with Gasteiger partial charge in [0.15, 0.2) is 0 Å². The lowest BCUT2D eigenvalue weighted by atomic mass is 9.90. The molecule has 1 fully saturated rings. The van der Waals surface area contributed by atoms with Crippen LogP contribution in [-0.2, 0) is 4.74 Å². The van der Waals surface area contributed by atoms with Crippen LogP contribution in [-0.4, -0.2) is 40.3 Å². The van der Waals surface area contributed by atoms with Crippen molar-refractivity contribution in [3.8, 4) is 0 Å². The molecule has 9 heteroatoms. The maximum Gasteiger partial charge on any atom is 0.408 e. The van der Waals surface area contributed by atoms with Crippen molar-refractivity contribution in [1.29, 1.82) is 0 Å². The van der Waals surface area contributed by atoms with Crippen molar-refractivity contribution < 1.29 is 9.53 Å². The van der Waals surface area contributed by atoms with Crippen LogP contribution in [0, 0.1) is 0 Å².